The molecule has 0 atom stereocenters. The first-order chi connectivity index (χ1) is 13.0. The summed E-state index contributed by atoms with van der Waals surface area (Å²) in [5.41, 5.74) is 0.917. The van der Waals surface area contributed by atoms with E-state index in [-0.39, 0.29) is 12.5 Å². The Hall–Kier alpha value is -1.87. The van der Waals surface area contributed by atoms with E-state index in [4.69, 9.17) is 4.74 Å². The predicted octanol–water partition coefficient (Wildman–Crippen LogP) is 1.63. The monoisotopic (exact) mass is 390 g/mol. The Morgan fingerprint density at radius 1 is 1.41 bits per heavy atom. The van der Waals surface area contributed by atoms with Gasteiger partial charge in [-0.15, -0.1) is 11.3 Å². The number of pyridine rings is 1. The summed E-state index contributed by atoms with van der Waals surface area (Å²) in [7, 11) is 3.56. The largest absolute Gasteiger partial charge is 0.383 e. The highest BCUT2D eigenvalue weighted by Crippen LogP contribution is 2.33. The van der Waals surface area contributed by atoms with Crippen LogP contribution >= 0.6 is 11.3 Å². The van der Waals surface area contributed by atoms with E-state index < -0.39 is 5.60 Å². The number of methoxy groups -OCH3 is 1. The zero-order chi connectivity index (χ0) is 19.3. The van der Waals surface area contributed by atoms with Gasteiger partial charge in [-0.25, -0.2) is 4.98 Å². The molecule has 1 aliphatic heterocycles. The van der Waals surface area contributed by atoms with Gasteiger partial charge in [0.25, 0.3) is 0 Å². The van der Waals surface area contributed by atoms with Gasteiger partial charge in [0.2, 0.25) is 5.91 Å². The molecule has 1 aliphatic rings. The lowest BCUT2D eigenvalue weighted by Crippen LogP contribution is -2.46. The zero-order valence-electron chi connectivity index (χ0n) is 15.8. The number of carbonyl (C=O) groups is 1. The molecule has 7 nitrogen and oxygen atoms in total. The highest BCUT2D eigenvalue weighted by molar-refractivity contribution is 7.09. The normalized spacial score (nSPS) is 16.7. The van der Waals surface area contributed by atoms with Crippen molar-refractivity contribution in [3.05, 3.63) is 46.2 Å². The van der Waals surface area contributed by atoms with Crippen molar-refractivity contribution in [2.75, 3.05) is 33.9 Å². The number of amides is 1. The molecule has 8 heteroatoms. The quantitative estimate of drug-likeness (QED) is 0.774. The van der Waals surface area contributed by atoms with Crippen LogP contribution in [-0.4, -0.2) is 64.6 Å². The van der Waals surface area contributed by atoms with Crippen LogP contribution in [0.3, 0.4) is 0 Å². The van der Waals surface area contributed by atoms with E-state index in [1.165, 1.54) is 7.11 Å². The lowest BCUT2D eigenvalue weighted by atomic mass is 9.89. The lowest BCUT2D eigenvalue weighted by molar-refractivity contribution is -0.139. The van der Waals surface area contributed by atoms with Gasteiger partial charge in [0.1, 0.15) is 17.2 Å². The number of piperidine rings is 1. The van der Waals surface area contributed by atoms with Gasteiger partial charge < -0.3 is 14.7 Å². The molecule has 3 heterocycles. The Balaban J connectivity index is 1.56. The molecule has 0 unspecified atom stereocenters. The van der Waals surface area contributed by atoms with Gasteiger partial charge in [-0.2, -0.15) is 0 Å². The maximum Gasteiger partial charge on any atom is 0.248 e. The molecule has 0 saturated carbocycles. The number of hydrogen-bond donors (Lipinski definition) is 1. The minimum absolute atomic E-state index is 0.0319. The van der Waals surface area contributed by atoms with E-state index in [0.717, 1.165) is 22.8 Å². The van der Waals surface area contributed by atoms with Crippen LogP contribution in [-0.2, 0) is 28.2 Å². The van der Waals surface area contributed by atoms with Crippen LogP contribution in [0, 0.1) is 0 Å². The third-order valence-electron chi connectivity index (χ3n) is 4.82. The Bertz CT molecular complexity index is 744. The van der Waals surface area contributed by atoms with Gasteiger partial charge in [0.15, 0.2) is 0 Å². The number of nitrogens with zero attached hydrogens (tertiary/aromatic N) is 4. The van der Waals surface area contributed by atoms with Gasteiger partial charge in [-0.3, -0.25) is 14.7 Å². The van der Waals surface area contributed by atoms with E-state index in [1.807, 2.05) is 24.7 Å². The number of aliphatic hydroxyl groups is 1. The summed E-state index contributed by atoms with van der Waals surface area (Å²) >= 11 is 1.57. The first kappa shape index (κ1) is 19.9. The number of carbonyl (C=O) groups excluding carboxylic acids is 1. The maximum absolute atomic E-state index is 11.9. The van der Waals surface area contributed by atoms with Gasteiger partial charge in [-0.1, -0.05) is 6.07 Å². The van der Waals surface area contributed by atoms with Crippen LogP contribution in [0.4, 0.5) is 0 Å². The summed E-state index contributed by atoms with van der Waals surface area (Å²) in [6.07, 6.45) is 4.63. The molecular formula is C19H26N4O3S. The van der Waals surface area contributed by atoms with Crippen molar-refractivity contribution in [1.29, 1.82) is 0 Å². The molecule has 146 valence electrons. The Morgan fingerprint density at radius 3 is 2.85 bits per heavy atom. The van der Waals surface area contributed by atoms with E-state index in [2.05, 4.69) is 20.9 Å². The molecule has 0 aliphatic carbocycles. The topological polar surface area (TPSA) is 78.8 Å². The first-order valence-electron chi connectivity index (χ1n) is 9.01. The van der Waals surface area contributed by atoms with Crippen LogP contribution in [0.2, 0.25) is 0 Å². The molecule has 1 amide bonds. The molecule has 0 bridgehead atoms. The van der Waals surface area contributed by atoms with Crippen molar-refractivity contribution >= 4 is 17.2 Å². The van der Waals surface area contributed by atoms with Crippen LogP contribution in [0.5, 0.6) is 0 Å². The fourth-order valence-corrected chi connectivity index (χ4v) is 4.25. The van der Waals surface area contributed by atoms with Crippen molar-refractivity contribution in [3.63, 3.8) is 0 Å². The molecule has 2 aromatic heterocycles. The lowest BCUT2D eigenvalue weighted by Gasteiger charge is -2.37. The third kappa shape index (κ3) is 5.10. The highest BCUT2D eigenvalue weighted by Gasteiger charge is 2.37. The van der Waals surface area contributed by atoms with Crippen LogP contribution < -0.4 is 0 Å². The molecule has 1 N–H and O–H groups in total. The SMILES string of the molecule is COCC(=O)N1CCC(O)(c2csc(CN(C)Cc3cccnc3)n2)CC1. The smallest absolute Gasteiger partial charge is 0.248 e. The number of hydrogen-bond acceptors (Lipinski definition) is 7. The highest BCUT2D eigenvalue weighted by atomic mass is 32.1. The summed E-state index contributed by atoms with van der Waals surface area (Å²) in [6.45, 7) is 2.64. The van der Waals surface area contributed by atoms with Crippen molar-refractivity contribution in [1.82, 2.24) is 19.8 Å². The molecular weight excluding hydrogens is 364 g/mol. The molecule has 27 heavy (non-hydrogen) atoms. The second-order valence-corrected chi connectivity index (χ2v) is 7.95. The minimum Gasteiger partial charge on any atom is -0.383 e. The number of aromatic nitrogens is 2. The number of likely N-dealkylation sites (tertiary alicyclic amines) is 1. The summed E-state index contributed by atoms with van der Waals surface area (Å²) in [4.78, 5) is 24.7. The second-order valence-electron chi connectivity index (χ2n) is 7.01. The van der Waals surface area contributed by atoms with Crippen LogP contribution in [0.15, 0.2) is 29.9 Å². The summed E-state index contributed by atoms with van der Waals surface area (Å²) in [5, 5.41) is 13.9. The van der Waals surface area contributed by atoms with Crippen LogP contribution in [0.25, 0.3) is 0 Å². The molecule has 0 radical (unpaired) electrons. The average molecular weight is 391 g/mol. The van der Waals surface area contributed by atoms with E-state index in [1.54, 1.807) is 22.4 Å². The Kier molecular flexibility index (Phi) is 6.54. The Labute approximate surface area is 163 Å². The Morgan fingerprint density at radius 2 is 2.19 bits per heavy atom. The predicted molar refractivity (Wildman–Crippen MR) is 103 cm³/mol. The standard InChI is InChI=1S/C19H26N4O3S/c1-22(11-15-4-3-7-20-10-15)12-17-21-16(14-27-17)19(25)5-8-23(9-6-19)18(24)13-26-2/h3-4,7,10,14,25H,5-6,8-9,11-13H2,1-2H3. The van der Waals surface area contributed by atoms with Gasteiger partial charge in [-0.05, 0) is 31.5 Å². The van der Waals surface area contributed by atoms with Crippen molar-refractivity contribution in [2.45, 2.75) is 31.5 Å². The molecule has 3 rings (SSSR count). The maximum atomic E-state index is 11.9. The minimum atomic E-state index is -0.958. The zero-order valence-corrected chi connectivity index (χ0v) is 16.6. The number of rotatable bonds is 7. The molecule has 0 spiro atoms. The first-order valence-corrected chi connectivity index (χ1v) is 9.89. The molecule has 1 saturated heterocycles. The van der Waals surface area contributed by atoms with E-state index >= 15 is 0 Å². The summed E-state index contributed by atoms with van der Waals surface area (Å²) in [5.74, 6) is -0.0319. The van der Waals surface area contributed by atoms with Crippen LogP contribution in [0.1, 0.15) is 29.1 Å². The number of ether oxygens (including phenoxy) is 1. The van der Waals surface area contributed by atoms with Crippen molar-refractivity contribution in [2.24, 2.45) is 0 Å². The molecule has 0 aromatic carbocycles. The summed E-state index contributed by atoms with van der Waals surface area (Å²) in [6, 6.07) is 3.99. The van der Waals surface area contributed by atoms with Crippen molar-refractivity contribution in [3.8, 4) is 0 Å². The fourth-order valence-electron chi connectivity index (χ4n) is 3.28. The third-order valence-corrected chi connectivity index (χ3v) is 5.65. The van der Waals surface area contributed by atoms with Gasteiger partial charge >= 0.3 is 0 Å². The molecule has 2 aromatic rings. The van der Waals surface area contributed by atoms with Gasteiger partial charge in [0, 0.05) is 44.5 Å². The molecule has 1 fully saturated rings. The van der Waals surface area contributed by atoms with E-state index in [0.29, 0.717) is 32.5 Å². The summed E-state index contributed by atoms with van der Waals surface area (Å²) < 4.78 is 4.90. The van der Waals surface area contributed by atoms with Crippen molar-refractivity contribution < 1.29 is 14.6 Å². The average Bonchev–Trinajstić information content (AvgIpc) is 3.12. The van der Waals surface area contributed by atoms with Gasteiger partial charge in [0.05, 0.1) is 12.2 Å². The van der Waals surface area contributed by atoms with E-state index in [9.17, 15) is 9.90 Å². The second kappa shape index (κ2) is 8.88. The fraction of sp³-hybridized carbons (Fsp3) is 0.526. The number of thiazole rings is 1.